The van der Waals surface area contributed by atoms with Crippen molar-refractivity contribution in [1.29, 1.82) is 0 Å². The lowest BCUT2D eigenvalue weighted by Gasteiger charge is -2.09. The van der Waals surface area contributed by atoms with E-state index in [4.69, 9.17) is 0 Å². The number of carbonyl (C=O) groups excluding carboxylic acids is 1. The Bertz CT molecular complexity index is 1240. The van der Waals surface area contributed by atoms with Crippen LogP contribution in [-0.2, 0) is 22.4 Å². The molecule has 5 nitrogen and oxygen atoms in total. The lowest BCUT2D eigenvalue weighted by atomic mass is 10.1. The van der Waals surface area contributed by atoms with E-state index in [0.29, 0.717) is 17.7 Å². The van der Waals surface area contributed by atoms with E-state index < -0.39 is 33.2 Å². The summed E-state index contributed by atoms with van der Waals surface area (Å²) in [5.41, 5.74) is 0.714. The zero-order chi connectivity index (χ0) is 24.2. The maximum Gasteiger partial charge on any atom is 0.416 e. The molecule has 10 heteroatoms. The number of rotatable bonds is 7. The predicted molar refractivity (Wildman–Crippen MR) is 121 cm³/mol. The number of anilines is 1. The van der Waals surface area contributed by atoms with Crippen molar-refractivity contribution < 1.29 is 31.5 Å². The molecule has 0 aliphatic carbocycles. The summed E-state index contributed by atoms with van der Waals surface area (Å²) in [6.45, 7) is 0. The van der Waals surface area contributed by atoms with Gasteiger partial charge in [-0.05, 0) is 66.6 Å². The third kappa shape index (κ3) is 6.75. The van der Waals surface area contributed by atoms with Crippen molar-refractivity contribution >= 4 is 33.2 Å². The fourth-order valence-electron chi connectivity index (χ4n) is 2.94. The van der Waals surface area contributed by atoms with Crippen molar-refractivity contribution in [3.8, 4) is 5.75 Å². The number of halogens is 3. The molecule has 0 unspecified atom stereocenters. The van der Waals surface area contributed by atoms with E-state index in [1.807, 2.05) is 0 Å². The zero-order valence-corrected chi connectivity index (χ0v) is 19.0. The maximum absolute atomic E-state index is 12.6. The molecule has 0 aliphatic rings. The molecule has 33 heavy (non-hydrogen) atoms. The second kappa shape index (κ2) is 9.88. The second-order valence-electron chi connectivity index (χ2n) is 7.23. The van der Waals surface area contributed by atoms with Gasteiger partial charge in [-0.1, -0.05) is 12.1 Å². The van der Waals surface area contributed by atoms with Crippen LogP contribution in [0, 0.1) is 0 Å². The minimum atomic E-state index is -4.35. The van der Waals surface area contributed by atoms with Gasteiger partial charge < -0.3 is 10.4 Å². The average molecular weight is 496 g/mol. The van der Waals surface area contributed by atoms with Crippen LogP contribution >= 0.6 is 11.8 Å². The Balaban J connectivity index is 1.56. The number of benzene rings is 3. The predicted octanol–water partition coefficient (Wildman–Crippen LogP) is 5.40. The van der Waals surface area contributed by atoms with Gasteiger partial charge in [0.05, 0.1) is 5.56 Å². The summed E-state index contributed by atoms with van der Waals surface area (Å²) in [5.74, 6) is -0.187. The molecule has 0 bridgehead atoms. The van der Waals surface area contributed by atoms with Crippen LogP contribution in [0.15, 0.2) is 76.5 Å². The number of amides is 1. The summed E-state index contributed by atoms with van der Waals surface area (Å²) in [6, 6.07) is 15.6. The Morgan fingerprint density at radius 2 is 1.64 bits per heavy atom. The molecule has 0 fully saturated rings. The molecule has 3 rings (SSSR count). The number of phenols is 1. The summed E-state index contributed by atoms with van der Waals surface area (Å²) < 4.78 is 61.3. The molecule has 0 heterocycles. The molecule has 0 aliphatic heterocycles. The number of aryl methyl sites for hydroxylation is 1. The zero-order valence-electron chi connectivity index (χ0n) is 17.4. The van der Waals surface area contributed by atoms with Gasteiger partial charge in [0.15, 0.2) is 9.84 Å². The fraction of sp³-hybridized carbons (Fsp3) is 0.174. The van der Waals surface area contributed by atoms with Gasteiger partial charge in [0.25, 0.3) is 5.91 Å². The van der Waals surface area contributed by atoms with Crippen LogP contribution in [0.25, 0.3) is 0 Å². The van der Waals surface area contributed by atoms with Crippen molar-refractivity contribution in [3.63, 3.8) is 0 Å². The van der Waals surface area contributed by atoms with Crippen molar-refractivity contribution in [2.24, 2.45) is 0 Å². The van der Waals surface area contributed by atoms with E-state index in [9.17, 15) is 31.5 Å². The first-order valence-corrected chi connectivity index (χ1v) is 12.5. The van der Waals surface area contributed by atoms with Gasteiger partial charge in [-0.3, -0.25) is 4.79 Å². The molecule has 0 aromatic heterocycles. The summed E-state index contributed by atoms with van der Waals surface area (Å²) in [5, 5.41) is 12.3. The van der Waals surface area contributed by atoms with Crippen LogP contribution in [0.1, 0.15) is 21.5 Å². The topological polar surface area (TPSA) is 83.5 Å². The Morgan fingerprint density at radius 3 is 2.21 bits per heavy atom. The van der Waals surface area contributed by atoms with Gasteiger partial charge in [0.2, 0.25) is 0 Å². The van der Waals surface area contributed by atoms with Crippen molar-refractivity contribution in [3.05, 3.63) is 83.4 Å². The van der Waals surface area contributed by atoms with E-state index in [1.54, 1.807) is 24.3 Å². The number of carbonyl (C=O) groups is 1. The molecule has 174 valence electrons. The Kier molecular flexibility index (Phi) is 7.38. The van der Waals surface area contributed by atoms with Crippen LogP contribution < -0.4 is 5.32 Å². The molecular formula is C23H20F3NO4S2. The number of nitrogens with one attached hydrogen (secondary N) is 1. The van der Waals surface area contributed by atoms with E-state index in [2.05, 4.69) is 5.32 Å². The first-order valence-electron chi connectivity index (χ1n) is 9.67. The van der Waals surface area contributed by atoms with Crippen LogP contribution in [0.4, 0.5) is 18.9 Å². The first kappa shape index (κ1) is 24.7. The van der Waals surface area contributed by atoms with Gasteiger partial charge in [0, 0.05) is 28.2 Å². The molecule has 2 N–H and O–H groups in total. The number of thioether (sulfide) groups is 1. The third-order valence-electron chi connectivity index (χ3n) is 4.67. The molecular weight excluding hydrogens is 475 g/mol. The number of phenolic OH excluding ortho intramolecular Hbond substituents is 1. The highest BCUT2D eigenvalue weighted by Gasteiger charge is 2.29. The van der Waals surface area contributed by atoms with Crippen LogP contribution in [0.3, 0.4) is 0 Å². The molecule has 0 atom stereocenters. The fourth-order valence-corrected chi connectivity index (χ4v) is 4.63. The smallest absolute Gasteiger partial charge is 0.416 e. The highest BCUT2D eigenvalue weighted by atomic mass is 32.2. The second-order valence-corrected chi connectivity index (χ2v) is 10.4. The molecule has 0 radical (unpaired) electrons. The maximum atomic E-state index is 12.6. The molecule has 3 aromatic carbocycles. The SMILES string of the molecule is CS(=O)(=O)c1cc(NC(=O)c2ccc(SCCc3ccc(C(F)(F)F)cc3)cc2)ccc1O. The van der Waals surface area contributed by atoms with E-state index in [-0.39, 0.29) is 10.6 Å². The number of hydrogen-bond acceptors (Lipinski definition) is 5. The number of alkyl halides is 3. The van der Waals surface area contributed by atoms with Crippen LogP contribution in [0.5, 0.6) is 5.75 Å². The molecule has 0 spiro atoms. The van der Waals surface area contributed by atoms with E-state index in [0.717, 1.165) is 28.8 Å². The molecule has 1 amide bonds. The molecule has 0 saturated heterocycles. The van der Waals surface area contributed by atoms with E-state index in [1.165, 1.54) is 42.1 Å². The summed E-state index contributed by atoms with van der Waals surface area (Å²) in [6.07, 6.45) is -2.80. The number of hydrogen-bond donors (Lipinski definition) is 2. The van der Waals surface area contributed by atoms with Gasteiger partial charge >= 0.3 is 6.18 Å². The summed E-state index contributed by atoms with van der Waals surface area (Å²) in [4.78, 5) is 13.1. The van der Waals surface area contributed by atoms with E-state index >= 15 is 0 Å². The monoisotopic (exact) mass is 495 g/mol. The standard InChI is InChI=1S/C23H20F3NO4S2/c1-33(30,31)21-14-18(8-11-20(21)28)27-22(29)16-4-9-19(10-5-16)32-13-12-15-2-6-17(7-3-15)23(24,25)26/h2-11,14,28H,12-13H2,1H3,(H,27,29). The van der Waals surface area contributed by atoms with Crippen molar-refractivity contribution in [2.45, 2.75) is 22.4 Å². The minimum Gasteiger partial charge on any atom is -0.507 e. The Morgan fingerprint density at radius 1 is 1.00 bits per heavy atom. The van der Waals surface area contributed by atoms with Crippen LogP contribution in [0.2, 0.25) is 0 Å². The minimum absolute atomic E-state index is 0.230. The van der Waals surface area contributed by atoms with Gasteiger partial charge in [-0.2, -0.15) is 13.2 Å². The lowest BCUT2D eigenvalue weighted by Crippen LogP contribution is -2.12. The van der Waals surface area contributed by atoms with Gasteiger partial charge in [-0.25, -0.2) is 8.42 Å². The lowest BCUT2D eigenvalue weighted by molar-refractivity contribution is -0.137. The van der Waals surface area contributed by atoms with Crippen molar-refractivity contribution in [2.75, 3.05) is 17.3 Å². The number of sulfone groups is 1. The average Bonchev–Trinajstić information content (AvgIpc) is 2.74. The molecule has 0 saturated carbocycles. The Labute approximate surface area is 193 Å². The summed E-state index contributed by atoms with van der Waals surface area (Å²) >= 11 is 1.51. The van der Waals surface area contributed by atoms with Gasteiger partial charge in [0.1, 0.15) is 10.6 Å². The van der Waals surface area contributed by atoms with Crippen molar-refractivity contribution in [1.82, 2.24) is 0 Å². The normalized spacial score (nSPS) is 11.9. The highest BCUT2D eigenvalue weighted by molar-refractivity contribution is 7.99. The highest BCUT2D eigenvalue weighted by Crippen LogP contribution is 2.30. The largest absolute Gasteiger partial charge is 0.507 e. The molecule has 3 aromatic rings. The third-order valence-corrected chi connectivity index (χ3v) is 6.81. The summed E-state index contributed by atoms with van der Waals surface area (Å²) in [7, 11) is -3.65. The number of aromatic hydroxyl groups is 1. The van der Waals surface area contributed by atoms with Gasteiger partial charge in [-0.15, -0.1) is 11.8 Å². The van der Waals surface area contributed by atoms with Crippen LogP contribution in [-0.4, -0.2) is 31.4 Å². The first-order chi connectivity index (χ1) is 15.4. The quantitative estimate of drug-likeness (QED) is 0.339. The Hall–Kier alpha value is -2.98.